The standard InChI is InChI=1S/C22H22N4O3S3/c1-14-19(15-7-3-4-8-16(15)23-14)17-13-31-22(24-17)25-21(27)20-18(9-12-30-20)32(28,29)26-10-5-2-6-11-26/h3-4,7-9,12-13,23H,2,5-6,10-11H2,1H3,(H,24,25,27). The highest BCUT2D eigenvalue weighted by Crippen LogP contribution is 2.34. The SMILES string of the molecule is Cc1[nH]c2ccccc2c1-c1csc(NC(=O)c2sccc2S(=O)(=O)N2CCCCC2)n1. The van der Waals surface area contributed by atoms with Crippen molar-refractivity contribution < 1.29 is 13.2 Å². The third-order valence-corrected chi connectivity index (χ3v) is 9.38. The van der Waals surface area contributed by atoms with E-state index in [9.17, 15) is 13.2 Å². The summed E-state index contributed by atoms with van der Waals surface area (Å²) in [6.07, 6.45) is 2.73. The Morgan fingerprint density at radius 3 is 2.72 bits per heavy atom. The average Bonchev–Trinajstić information content (AvgIpc) is 3.52. The fourth-order valence-electron chi connectivity index (χ4n) is 4.12. The second kappa shape index (κ2) is 8.43. The Labute approximate surface area is 194 Å². The molecule has 0 bridgehead atoms. The van der Waals surface area contributed by atoms with Gasteiger partial charge in [-0.2, -0.15) is 4.31 Å². The number of thiazole rings is 1. The molecule has 4 heterocycles. The van der Waals surface area contributed by atoms with Crippen molar-refractivity contribution in [3.05, 3.63) is 51.7 Å². The third-order valence-electron chi connectivity index (χ3n) is 5.64. The summed E-state index contributed by atoms with van der Waals surface area (Å²) in [6.45, 7) is 2.99. The maximum absolute atomic E-state index is 13.1. The number of aromatic nitrogens is 2. The van der Waals surface area contributed by atoms with Crippen LogP contribution in [-0.2, 0) is 10.0 Å². The van der Waals surface area contributed by atoms with E-state index in [-0.39, 0.29) is 9.77 Å². The second-order valence-electron chi connectivity index (χ2n) is 7.74. The van der Waals surface area contributed by atoms with Crippen molar-refractivity contribution in [3.8, 4) is 11.3 Å². The van der Waals surface area contributed by atoms with Gasteiger partial charge in [0.2, 0.25) is 10.0 Å². The minimum absolute atomic E-state index is 0.0751. The Morgan fingerprint density at radius 1 is 1.12 bits per heavy atom. The zero-order valence-electron chi connectivity index (χ0n) is 17.4. The number of rotatable bonds is 5. The number of carbonyl (C=O) groups is 1. The molecule has 0 aliphatic carbocycles. The zero-order chi connectivity index (χ0) is 22.3. The molecular weight excluding hydrogens is 464 g/mol. The van der Waals surface area contributed by atoms with Gasteiger partial charge in [0.25, 0.3) is 5.91 Å². The van der Waals surface area contributed by atoms with E-state index in [1.165, 1.54) is 21.7 Å². The molecule has 5 rings (SSSR count). The van der Waals surface area contributed by atoms with Crippen LogP contribution in [0.1, 0.15) is 34.6 Å². The first-order chi connectivity index (χ1) is 15.4. The van der Waals surface area contributed by atoms with Gasteiger partial charge in [0.15, 0.2) is 5.13 Å². The van der Waals surface area contributed by atoms with E-state index in [0.29, 0.717) is 18.2 Å². The quantitative estimate of drug-likeness (QED) is 0.411. The predicted molar refractivity (Wildman–Crippen MR) is 129 cm³/mol. The first kappa shape index (κ1) is 21.3. The third kappa shape index (κ3) is 3.77. The Kier molecular flexibility index (Phi) is 5.62. The van der Waals surface area contributed by atoms with Crippen LogP contribution in [0.2, 0.25) is 0 Å². The second-order valence-corrected chi connectivity index (χ2v) is 11.4. The highest BCUT2D eigenvalue weighted by Gasteiger charge is 2.31. The number of thiophene rings is 1. The molecule has 1 fully saturated rings. The van der Waals surface area contributed by atoms with Gasteiger partial charge in [-0.3, -0.25) is 10.1 Å². The summed E-state index contributed by atoms with van der Waals surface area (Å²) in [6, 6.07) is 9.53. The van der Waals surface area contributed by atoms with Crippen LogP contribution >= 0.6 is 22.7 Å². The van der Waals surface area contributed by atoms with Crippen molar-refractivity contribution in [3.63, 3.8) is 0 Å². The molecule has 1 aliphatic heterocycles. The number of nitrogens with one attached hydrogen (secondary N) is 2. The molecule has 4 aromatic rings. The number of aromatic amines is 1. The molecule has 10 heteroatoms. The molecule has 0 spiro atoms. The highest BCUT2D eigenvalue weighted by molar-refractivity contribution is 7.89. The van der Waals surface area contributed by atoms with Crippen LogP contribution < -0.4 is 5.32 Å². The lowest BCUT2D eigenvalue weighted by atomic mass is 10.1. The van der Waals surface area contributed by atoms with E-state index in [2.05, 4.69) is 15.3 Å². The van der Waals surface area contributed by atoms with Gasteiger partial charge >= 0.3 is 0 Å². The number of hydrogen-bond acceptors (Lipinski definition) is 6. The lowest BCUT2D eigenvalue weighted by Crippen LogP contribution is -2.36. The van der Waals surface area contributed by atoms with Gasteiger partial charge in [0, 0.05) is 40.6 Å². The first-order valence-corrected chi connectivity index (χ1v) is 13.6. The summed E-state index contributed by atoms with van der Waals surface area (Å²) in [5, 5.41) is 7.85. The molecule has 0 saturated carbocycles. The van der Waals surface area contributed by atoms with E-state index in [0.717, 1.165) is 58.5 Å². The van der Waals surface area contributed by atoms with Crippen molar-refractivity contribution in [2.75, 3.05) is 18.4 Å². The first-order valence-electron chi connectivity index (χ1n) is 10.4. The number of fused-ring (bicyclic) bond motifs is 1. The fraction of sp³-hybridized carbons (Fsp3) is 0.273. The lowest BCUT2D eigenvalue weighted by molar-refractivity contribution is 0.102. The Hall–Kier alpha value is -2.53. The summed E-state index contributed by atoms with van der Waals surface area (Å²) in [5.74, 6) is -0.452. The Morgan fingerprint density at radius 2 is 1.91 bits per heavy atom. The topological polar surface area (TPSA) is 95.2 Å². The Balaban J connectivity index is 1.40. The molecule has 166 valence electrons. The number of piperidine rings is 1. The summed E-state index contributed by atoms with van der Waals surface area (Å²) in [4.78, 5) is 21.2. The fourth-order valence-corrected chi connectivity index (χ4v) is 7.63. The summed E-state index contributed by atoms with van der Waals surface area (Å²) >= 11 is 2.45. The molecule has 3 aromatic heterocycles. The number of carbonyl (C=O) groups excluding carboxylic acids is 1. The number of nitrogens with zero attached hydrogens (tertiary/aromatic N) is 2. The average molecular weight is 487 g/mol. The van der Waals surface area contributed by atoms with Gasteiger partial charge in [-0.05, 0) is 37.3 Å². The van der Waals surface area contributed by atoms with Crippen molar-refractivity contribution in [1.29, 1.82) is 0 Å². The van der Waals surface area contributed by atoms with Crippen LogP contribution in [0, 0.1) is 6.92 Å². The Bertz CT molecular complexity index is 1390. The van der Waals surface area contributed by atoms with Crippen LogP contribution in [0.4, 0.5) is 5.13 Å². The maximum atomic E-state index is 13.1. The van der Waals surface area contributed by atoms with Crippen molar-refractivity contribution in [1.82, 2.24) is 14.3 Å². The summed E-state index contributed by atoms with van der Waals surface area (Å²) < 4.78 is 27.7. The van der Waals surface area contributed by atoms with E-state index >= 15 is 0 Å². The number of amides is 1. The highest BCUT2D eigenvalue weighted by atomic mass is 32.2. The maximum Gasteiger partial charge on any atom is 0.268 e. The largest absolute Gasteiger partial charge is 0.358 e. The van der Waals surface area contributed by atoms with E-state index in [1.54, 1.807) is 5.38 Å². The number of anilines is 1. The number of sulfonamides is 1. The van der Waals surface area contributed by atoms with Gasteiger partial charge in [0.1, 0.15) is 9.77 Å². The smallest absolute Gasteiger partial charge is 0.268 e. The number of benzene rings is 1. The molecule has 0 atom stereocenters. The van der Waals surface area contributed by atoms with Crippen LogP contribution in [0.5, 0.6) is 0 Å². The number of aryl methyl sites for hydroxylation is 1. The molecule has 0 radical (unpaired) electrons. The molecule has 0 unspecified atom stereocenters. The molecule has 32 heavy (non-hydrogen) atoms. The van der Waals surface area contributed by atoms with Crippen LogP contribution in [0.3, 0.4) is 0 Å². The molecule has 1 saturated heterocycles. The normalized spacial score (nSPS) is 15.3. The van der Waals surface area contributed by atoms with Crippen molar-refractivity contribution in [2.24, 2.45) is 0 Å². The van der Waals surface area contributed by atoms with Gasteiger partial charge < -0.3 is 4.98 Å². The van der Waals surface area contributed by atoms with Crippen LogP contribution in [-0.4, -0.2) is 41.7 Å². The van der Waals surface area contributed by atoms with Gasteiger partial charge in [-0.1, -0.05) is 24.6 Å². The zero-order valence-corrected chi connectivity index (χ0v) is 19.9. The van der Waals surface area contributed by atoms with Crippen molar-refractivity contribution in [2.45, 2.75) is 31.1 Å². The van der Waals surface area contributed by atoms with Gasteiger partial charge in [-0.25, -0.2) is 13.4 Å². The minimum Gasteiger partial charge on any atom is -0.358 e. The van der Waals surface area contributed by atoms with Crippen LogP contribution in [0.25, 0.3) is 22.2 Å². The monoisotopic (exact) mass is 486 g/mol. The molecule has 1 aliphatic rings. The van der Waals surface area contributed by atoms with Gasteiger partial charge in [0.05, 0.1) is 5.69 Å². The molecule has 7 nitrogen and oxygen atoms in total. The van der Waals surface area contributed by atoms with E-state index in [1.807, 2.05) is 36.6 Å². The van der Waals surface area contributed by atoms with Crippen LogP contribution in [0.15, 0.2) is 46.0 Å². The number of hydrogen-bond donors (Lipinski definition) is 2. The number of para-hydroxylation sites is 1. The van der Waals surface area contributed by atoms with E-state index in [4.69, 9.17) is 0 Å². The number of H-pyrrole nitrogens is 1. The van der Waals surface area contributed by atoms with Crippen molar-refractivity contribution >= 4 is 54.6 Å². The van der Waals surface area contributed by atoms with Gasteiger partial charge in [-0.15, -0.1) is 22.7 Å². The molecule has 2 N–H and O–H groups in total. The summed E-state index contributed by atoms with van der Waals surface area (Å²) in [7, 11) is -3.69. The minimum atomic E-state index is -3.69. The van der Waals surface area contributed by atoms with E-state index < -0.39 is 15.9 Å². The molecule has 1 aromatic carbocycles. The lowest BCUT2D eigenvalue weighted by Gasteiger charge is -2.25. The molecular formula is C22H22N4O3S3. The predicted octanol–water partition coefficient (Wildman–Crippen LogP) is 5.09. The summed E-state index contributed by atoms with van der Waals surface area (Å²) in [5.41, 5.74) is 3.81. The molecule has 1 amide bonds.